The van der Waals surface area contributed by atoms with Gasteiger partial charge in [0.25, 0.3) is 0 Å². The number of para-hydroxylation sites is 1. The van der Waals surface area contributed by atoms with Crippen LogP contribution in [0.25, 0.3) is 10.9 Å². The van der Waals surface area contributed by atoms with Crippen molar-refractivity contribution in [2.75, 3.05) is 0 Å². The van der Waals surface area contributed by atoms with Gasteiger partial charge in [0.2, 0.25) is 0 Å². The molecule has 0 saturated carbocycles. The SMILES string of the molecule is Cn1c2c(c3ccccc31)C[C@@H]1C(C=O)=CC[C@H]2N1Cc1ccccc1. The van der Waals surface area contributed by atoms with Gasteiger partial charge in [-0.2, -0.15) is 0 Å². The lowest BCUT2D eigenvalue weighted by Gasteiger charge is -2.45. The molecule has 3 nitrogen and oxygen atoms in total. The molecule has 2 aromatic carbocycles. The highest BCUT2D eigenvalue weighted by atomic mass is 16.1. The molecule has 3 heterocycles. The molecule has 0 radical (unpaired) electrons. The van der Waals surface area contributed by atoms with E-state index in [2.05, 4.69) is 77.2 Å². The fourth-order valence-corrected chi connectivity index (χ4v) is 4.90. The number of aryl methyl sites for hydroxylation is 1. The maximum atomic E-state index is 11.7. The molecule has 0 N–H and O–H groups in total. The van der Waals surface area contributed by atoms with Crippen LogP contribution in [0, 0.1) is 0 Å². The molecule has 2 aliphatic rings. The molecule has 0 spiro atoms. The zero-order valence-corrected chi connectivity index (χ0v) is 14.9. The third kappa shape index (κ3) is 2.20. The molecule has 3 heteroatoms. The summed E-state index contributed by atoms with van der Waals surface area (Å²) in [7, 11) is 2.18. The summed E-state index contributed by atoms with van der Waals surface area (Å²) in [5.41, 5.74) is 6.37. The number of hydrogen-bond donors (Lipinski definition) is 0. The van der Waals surface area contributed by atoms with E-state index in [4.69, 9.17) is 0 Å². The lowest BCUT2D eigenvalue weighted by Crippen LogP contribution is -2.47. The second-order valence-electron chi connectivity index (χ2n) is 7.39. The van der Waals surface area contributed by atoms with Crippen LogP contribution >= 0.6 is 0 Å². The molecule has 2 bridgehead atoms. The standard InChI is InChI=1S/C23H22N2O/c1-24-20-10-6-5-9-18(20)19-13-22-17(15-26)11-12-21(23(19)24)25(22)14-16-7-3-2-4-8-16/h2-11,15,21-22H,12-14H2,1H3/t21-,22-/m1/s1. The lowest BCUT2D eigenvalue weighted by molar-refractivity contribution is -0.106. The Balaban J connectivity index is 1.66. The zero-order valence-electron chi connectivity index (χ0n) is 14.9. The van der Waals surface area contributed by atoms with Gasteiger partial charge in [0.1, 0.15) is 6.29 Å². The molecule has 5 rings (SSSR count). The molecule has 3 aromatic rings. The van der Waals surface area contributed by atoms with E-state index in [0.29, 0.717) is 6.04 Å². The van der Waals surface area contributed by atoms with Crippen molar-refractivity contribution in [3.05, 3.63) is 83.1 Å². The summed E-state index contributed by atoms with van der Waals surface area (Å²) in [5, 5.41) is 1.34. The van der Waals surface area contributed by atoms with Crippen molar-refractivity contribution < 1.29 is 4.79 Å². The van der Waals surface area contributed by atoms with Crippen LogP contribution in [-0.4, -0.2) is 21.8 Å². The number of nitrogens with zero attached hydrogens (tertiary/aromatic N) is 2. The van der Waals surface area contributed by atoms with Crippen LogP contribution in [0.3, 0.4) is 0 Å². The molecule has 130 valence electrons. The molecule has 26 heavy (non-hydrogen) atoms. The van der Waals surface area contributed by atoms with Crippen molar-refractivity contribution in [3.8, 4) is 0 Å². The van der Waals surface area contributed by atoms with Crippen molar-refractivity contribution in [1.82, 2.24) is 9.47 Å². The molecular weight excluding hydrogens is 320 g/mol. The second-order valence-corrected chi connectivity index (χ2v) is 7.39. The predicted octanol–water partition coefficient (Wildman–Crippen LogP) is 4.18. The van der Waals surface area contributed by atoms with E-state index in [9.17, 15) is 4.79 Å². The van der Waals surface area contributed by atoms with E-state index in [1.54, 1.807) is 0 Å². The number of rotatable bonds is 3. The summed E-state index contributed by atoms with van der Waals surface area (Å²) in [4.78, 5) is 14.3. The Morgan fingerprint density at radius 1 is 1.04 bits per heavy atom. The van der Waals surface area contributed by atoms with E-state index >= 15 is 0 Å². The first-order chi connectivity index (χ1) is 12.8. The highest BCUT2D eigenvalue weighted by Crippen LogP contribution is 2.45. The number of fused-ring (bicyclic) bond motifs is 6. The normalized spacial score (nSPS) is 22.1. The van der Waals surface area contributed by atoms with E-state index < -0.39 is 0 Å². The Labute approximate surface area is 153 Å². The maximum absolute atomic E-state index is 11.7. The smallest absolute Gasteiger partial charge is 0.147 e. The summed E-state index contributed by atoms with van der Waals surface area (Å²) < 4.78 is 2.36. The quantitative estimate of drug-likeness (QED) is 0.667. The van der Waals surface area contributed by atoms with E-state index in [1.165, 1.54) is 27.7 Å². The minimum absolute atomic E-state index is 0.171. The van der Waals surface area contributed by atoms with Crippen molar-refractivity contribution in [2.24, 2.45) is 7.05 Å². The van der Waals surface area contributed by atoms with Gasteiger partial charge in [-0.3, -0.25) is 9.69 Å². The van der Waals surface area contributed by atoms with Gasteiger partial charge in [0, 0.05) is 41.8 Å². The van der Waals surface area contributed by atoms with Crippen LogP contribution in [0.5, 0.6) is 0 Å². The number of benzene rings is 2. The van der Waals surface area contributed by atoms with Gasteiger partial charge in [-0.15, -0.1) is 0 Å². The van der Waals surface area contributed by atoms with Gasteiger partial charge in [-0.1, -0.05) is 54.6 Å². The number of carbonyl (C=O) groups is 1. The first kappa shape index (κ1) is 15.6. The summed E-state index contributed by atoms with van der Waals surface area (Å²) in [6, 6.07) is 19.7. The third-order valence-electron chi connectivity index (χ3n) is 6.08. The minimum Gasteiger partial charge on any atom is -0.346 e. The number of aromatic nitrogens is 1. The molecule has 0 fully saturated rings. The Kier molecular flexibility index (Phi) is 3.57. The van der Waals surface area contributed by atoms with Gasteiger partial charge in [-0.05, 0) is 30.0 Å². The summed E-state index contributed by atoms with van der Waals surface area (Å²) in [6.45, 7) is 0.877. The molecule has 0 saturated heterocycles. The van der Waals surface area contributed by atoms with Gasteiger partial charge >= 0.3 is 0 Å². The predicted molar refractivity (Wildman–Crippen MR) is 104 cm³/mol. The fraction of sp³-hybridized carbons (Fsp3) is 0.261. The highest BCUT2D eigenvalue weighted by molar-refractivity contribution is 5.87. The van der Waals surface area contributed by atoms with Crippen molar-refractivity contribution in [2.45, 2.75) is 31.5 Å². The Bertz CT molecular complexity index is 1020. The van der Waals surface area contributed by atoms with Crippen molar-refractivity contribution in [1.29, 1.82) is 0 Å². The first-order valence-electron chi connectivity index (χ1n) is 9.29. The van der Waals surface area contributed by atoms with E-state index in [-0.39, 0.29) is 6.04 Å². The summed E-state index contributed by atoms with van der Waals surface area (Å²) >= 11 is 0. The average molecular weight is 342 g/mol. The van der Waals surface area contributed by atoms with Crippen molar-refractivity contribution >= 4 is 17.2 Å². The molecule has 1 aromatic heterocycles. The number of hydrogen-bond acceptors (Lipinski definition) is 2. The minimum atomic E-state index is 0.171. The number of aldehydes is 1. The Morgan fingerprint density at radius 2 is 1.81 bits per heavy atom. The highest BCUT2D eigenvalue weighted by Gasteiger charge is 2.41. The van der Waals surface area contributed by atoms with Gasteiger partial charge < -0.3 is 4.57 Å². The largest absolute Gasteiger partial charge is 0.346 e. The topological polar surface area (TPSA) is 25.2 Å². The first-order valence-corrected chi connectivity index (χ1v) is 9.29. The zero-order chi connectivity index (χ0) is 17.7. The van der Waals surface area contributed by atoms with Crippen LogP contribution < -0.4 is 0 Å². The monoisotopic (exact) mass is 342 g/mol. The molecular formula is C23H22N2O. The van der Waals surface area contributed by atoms with Gasteiger partial charge in [0.15, 0.2) is 0 Å². The summed E-state index contributed by atoms with van der Waals surface area (Å²) in [6.07, 6.45) is 5.03. The number of carbonyl (C=O) groups excluding carboxylic acids is 1. The van der Waals surface area contributed by atoms with E-state index in [1.807, 2.05) is 0 Å². The second kappa shape index (κ2) is 5.96. The van der Waals surface area contributed by atoms with Crippen LogP contribution in [0.4, 0.5) is 0 Å². The van der Waals surface area contributed by atoms with Gasteiger partial charge in [-0.25, -0.2) is 0 Å². The third-order valence-corrected chi connectivity index (χ3v) is 6.08. The molecule has 2 aliphatic heterocycles. The summed E-state index contributed by atoms with van der Waals surface area (Å²) in [5.74, 6) is 0. The van der Waals surface area contributed by atoms with Crippen LogP contribution in [-0.2, 0) is 24.8 Å². The Morgan fingerprint density at radius 3 is 2.62 bits per heavy atom. The van der Waals surface area contributed by atoms with Crippen LogP contribution in [0.15, 0.2) is 66.2 Å². The molecule has 0 aliphatic carbocycles. The lowest BCUT2D eigenvalue weighted by atomic mass is 9.82. The van der Waals surface area contributed by atoms with E-state index in [0.717, 1.165) is 31.2 Å². The molecule has 2 atom stereocenters. The van der Waals surface area contributed by atoms with Gasteiger partial charge in [0.05, 0.1) is 6.04 Å². The average Bonchev–Trinajstić information content (AvgIpc) is 2.95. The molecule has 0 unspecified atom stereocenters. The molecule has 0 amide bonds. The van der Waals surface area contributed by atoms with Crippen molar-refractivity contribution in [3.63, 3.8) is 0 Å². The van der Waals surface area contributed by atoms with Crippen LogP contribution in [0.1, 0.15) is 29.3 Å². The Hall–Kier alpha value is -2.65. The fourth-order valence-electron chi connectivity index (χ4n) is 4.90. The maximum Gasteiger partial charge on any atom is 0.147 e. The van der Waals surface area contributed by atoms with Crippen LogP contribution in [0.2, 0.25) is 0 Å².